The van der Waals surface area contributed by atoms with Gasteiger partial charge in [0.2, 0.25) is 11.8 Å². The summed E-state index contributed by atoms with van der Waals surface area (Å²) in [7, 11) is 1.52. The van der Waals surface area contributed by atoms with Crippen molar-refractivity contribution >= 4 is 29.2 Å². The largest absolute Gasteiger partial charge is 0.505 e. The van der Waals surface area contributed by atoms with Gasteiger partial charge < -0.3 is 20.1 Å². The second-order valence-electron chi connectivity index (χ2n) is 10.6. The SMILES string of the molecule is COCC1=C([C@H](O)CC/C(=C/c2ccc(O)c(F)c2)c2ccccn2)[C@H](CO)[C@@H]2C(=O)N(c3ccccc3)C(=O)[C@@H]2C1. The van der Waals surface area contributed by atoms with Crippen molar-refractivity contribution in [1.29, 1.82) is 0 Å². The van der Waals surface area contributed by atoms with Gasteiger partial charge in [-0.15, -0.1) is 0 Å². The van der Waals surface area contributed by atoms with Crippen molar-refractivity contribution in [3.05, 3.63) is 101 Å². The monoisotopic (exact) mass is 572 g/mol. The maximum absolute atomic E-state index is 14.1. The first kappa shape index (κ1) is 29.3. The number of fused-ring (bicyclic) bond motifs is 1. The minimum absolute atomic E-state index is 0.147. The fraction of sp³-hybridized carbons (Fsp3) is 0.303. The van der Waals surface area contributed by atoms with E-state index in [0.29, 0.717) is 34.5 Å². The van der Waals surface area contributed by atoms with Crippen LogP contribution in [0, 0.1) is 23.6 Å². The minimum Gasteiger partial charge on any atom is -0.505 e. The number of halogens is 1. The van der Waals surface area contributed by atoms with Crippen LogP contribution in [0.25, 0.3) is 11.6 Å². The van der Waals surface area contributed by atoms with Crippen molar-refractivity contribution in [2.24, 2.45) is 17.8 Å². The maximum atomic E-state index is 14.1. The molecule has 1 aromatic heterocycles. The van der Waals surface area contributed by atoms with Gasteiger partial charge in [-0.05, 0) is 84.0 Å². The molecule has 42 heavy (non-hydrogen) atoms. The number of amides is 2. The molecule has 9 heteroatoms. The number of methoxy groups -OCH3 is 1. The van der Waals surface area contributed by atoms with Crippen LogP contribution in [0.15, 0.2) is 84.1 Å². The molecule has 2 heterocycles. The summed E-state index contributed by atoms with van der Waals surface area (Å²) < 4.78 is 19.5. The topological polar surface area (TPSA) is 120 Å². The van der Waals surface area contributed by atoms with Gasteiger partial charge in [0, 0.05) is 19.2 Å². The summed E-state index contributed by atoms with van der Waals surface area (Å²) in [6, 6.07) is 18.2. The van der Waals surface area contributed by atoms with Gasteiger partial charge in [-0.2, -0.15) is 0 Å². The molecular formula is C33H33FN2O6. The van der Waals surface area contributed by atoms with E-state index in [1.165, 1.54) is 24.1 Å². The van der Waals surface area contributed by atoms with E-state index in [1.807, 2.05) is 12.1 Å². The molecule has 218 valence electrons. The lowest BCUT2D eigenvalue weighted by atomic mass is 9.68. The zero-order valence-electron chi connectivity index (χ0n) is 23.2. The molecule has 2 aromatic carbocycles. The van der Waals surface area contributed by atoms with Gasteiger partial charge in [0.05, 0.1) is 42.5 Å². The maximum Gasteiger partial charge on any atom is 0.238 e. The molecule has 0 radical (unpaired) electrons. The number of phenols is 1. The van der Waals surface area contributed by atoms with Gasteiger partial charge in [0.25, 0.3) is 0 Å². The van der Waals surface area contributed by atoms with E-state index in [4.69, 9.17) is 4.74 Å². The summed E-state index contributed by atoms with van der Waals surface area (Å²) >= 11 is 0. The summed E-state index contributed by atoms with van der Waals surface area (Å²) in [5.41, 5.74) is 3.58. The molecule has 2 aliphatic rings. The van der Waals surface area contributed by atoms with Crippen LogP contribution in [0.1, 0.15) is 30.5 Å². The van der Waals surface area contributed by atoms with E-state index >= 15 is 0 Å². The van der Waals surface area contributed by atoms with Crippen molar-refractivity contribution in [3.63, 3.8) is 0 Å². The lowest BCUT2D eigenvalue weighted by Crippen LogP contribution is -2.39. The Morgan fingerprint density at radius 3 is 2.55 bits per heavy atom. The Hall–Kier alpha value is -4.18. The molecule has 3 N–H and O–H groups in total. The normalized spacial score (nSPS) is 21.6. The van der Waals surface area contributed by atoms with E-state index in [0.717, 1.165) is 5.57 Å². The number of pyridine rings is 1. The number of hydrogen-bond donors (Lipinski definition) is 3. The fourth-order valence-corrected chi connectivity index (χ4v) is 6.19. The second kappa shape index (κ2) is 12.8. The number of benzene rings is 2. The molecule has 3 aromatic rings. The number of anilines is 1. The molecule has 1 aliphatic carbocycles. The molecular weight excluding hydrogens is 539 g/mol. The number of rotatable bonds is 10. The molecule has 0 unspecified atom stereocenters. The van der Waals surface area contributed by atoms with Crippen LogP contribution < -0.4 is 4.90 Å². The third kappa shape index (κ3) is 5.76. The first-order valence-corrected chi connectivity index (χ1v) is 13.9. The molecule has 5 rings (SSSR count). The molecule has 8 nitrogen and oxygen atoms in total. The van der Waals surface area contributed by atoms with Gasteiger partial charge >= 0.3 is 0 Å². The van der Waals surface area contributed by atoms with Crippen LogP contribution in [0.2, 0.25) is 0 Å². The second-order valence-corrected chi connectivity index (χ2v) is 10.6. The van der Waals surface area contributed by atoms with E-state index in [9.17, 15) is 29.3 Å². The van der Waals surface area contributed by atoms with Crippen molar-refractivity contribution in [2.45, 2.75) is 25.4 Å². The van der Waals surface area contributed by atoms with Crippen LogP contribution in [-0.4, -0.2) is 58.5 Å². The van der Waals surface area contributed by atoms with Crippen molar-refractivity contribution in [2.75, 3.05) is 25.2 Å². The number of aromatic nitrogens is 1. The number of imide groups is 1. The minimum atomic E-state index is -1.05. The average molecular weight is 573 g/mol. The highest BCUT2D eigenvalue weighted by Gasteiger charge is 2.55. The molecule has 0 saturated carbocycles. The fourth-order valence-electron chi connectivity index (χ4n) is 6.19. The lowest BCUT2D eigenvalue weighted by molar-refractivity contribution is -0.123. The Bertz CT molecular complexity index is 1510. The first-order valence-electron chi connectivity index (χ1n) is 13.9. The summed E-state index contributed by atoms with van der Waals surface area (Å²) in [5.74, 6) is -4.14. The van der Waals surface area contributed by atoms with Gasteiger partial charge in [-0.1, -0.05) is 30.3 Å². The highest BCUT2D eigenvalue weighted by Crippen LogP contribution is 2.47. The number of carbonyl (C=O) groups is 2. The molecule has 1 fully saturated rings. The summed E-state index contributed by atoms with van der Waals surface area (Å²) in [5, 5.41) is 31.7. The number of para-hydroxylation sites is 1. The number of aliphatic hydroxyl groups is 2. The van der Waals surface area contributed by atoms with Crippen LogP contribution in [-0.2, 0) is 14.3 Å². The molecule has 2 amide bonds. The zero-order valence-corrected chi connectivity index (χ0v) is 23.2. The van der Waals surface area contributed by atoms with E-state index in [2.05, 4.69) is 4.98 Å². The van der Waals surface area contributed by atoms with Crippen molar-refractivity contribution in [1.82, 2.24) is 4.98 Å². The van der Waals surface area contributed by atoms with Crippen molar-refractivity contribution < 1.29 is 34.0 Å². The molecule has 1 aliphatic heterocycles. The van der Waals surface area contributed by atoms with E-state index in [-0.39, 0.29) is 31.3 Å². The number of carbonyl (C=O) groups excluding carboxylic acids is 2. The smallest absolute Gasteiger partial charge is 0.238 e. The standard InChI is InChI=1S/C33H33FN2O6/c1-42-19-22-17-24-31(33(41)36(32(24)40)23-7-3-2-4-8-23)25(18-37)30(22)29(39)13-11-21(27-9-5-6-14-35-27)15-20-10-12-28(38)26(34)16-20/h2-10,12,14-16,24-25,29,31,37-39H,11,13,17-19H2,1H3/b21-15-/t24-,25+,29-,31-/m1/s1. The molecule has 1 saturated heterocycles. The number of nitrogens with zero attached hydrogens (tertiary/aromatic N) is 2. The van der Waals surface area contributed by atoms with E-state index < -0.39 is 42.0 Å². The Kier molecular flexibility index (Phi) is 8.91. The summed E-state index contributed by atoms with van der Waals surface area (Å²) in [6.07, 6.45) is 3.12. The summed E-state index contributed by atoms with van der Waals surface area (Å²) in [4.78, 5) is 32.7. The quantitative estimate of drug-likeness (QED) is 0.244. The van der Waals surface area contributed by atoms with Gasteiger partial charge in [0.1, 0.15) is 0 Å². The zero-order chi connectivity index (χ0) is 29.8. The van der Waals surface area contributed by atoms with Gasteiger partial charge in [-0.25, -0.2) is 4.39 Å². The molecule has 0 spiro atoms. The Morgan fingerprint density at radius 2 is 1.88 bits per heavy atom. The predicted octanol–water partition coefficient (Wildman–Crippen LogP) is 4.37. The number of aliphatic hydroxyl groups excluding tert-OH is 2. The highest BCUT2D eigenvalue weighted by atomic mass is 19.1. The number of phenolic OH excluding ortho intramolecular Hbond substituents is 1. The van der Waals surface area contributed by atoms with E-state index in [1.54, 1.807) is 54.7 Å². The number of hydrogen-bond acceptors (Lipinski definition) is 7. The summed E-state index contributed by atoms with van der Waals surface area (Å²) in [6.45, 7) is -0.271. The first-order chi connectivity index (χ1) is 20.3. The molecule has 0 bridgehead atoms. The Labute approximate surface area is 243 Å². The average Bonchev–Trinajstić information content (AvgIpc) is 3.26. The third-order valence-electron chi connectivity index (χ3n) is 8.07. The van der Waals surface area contributed by atoms with Crippen LogP contribution in [0.4, 0.5) is 10.1 Å². The van der Waals surface area contributed by atoms with Crippen LogP contribution in [0.3, 0.4) is 0 Å². The van der Waals surface area contributed by atoms with Crippen molar-refractivity contribution in [3.8, 4) is 5.75 Å². The van der Waals surface area contributed by atoms with Crippen LogP contribution >= 0.6 is 0 Å². The molecule has 4 atom stereocenters. The Morgan fingerprint density at radius 1 is 1.12 bits per heavy atom. The number of ether oxygens (including phenoxy) is 1. The highest BCUT2D eigenvalue weighted by molar-refractivity contribution is 6.22. The third-order valence-corrected chi connectivity index (χ3v) is 8.07. The Balaban J connectivity index is 1.45. The van der Waals surface area contributed by atoms with Crippen LogP contribution in [0.5, 0.6) is 5.75 Å². The van der Waals surface area contributed by atoms with Gasteiger partial charge in [0.15, 0.2) is 11.6 Å². The number of aromatic hydroxyl groups is 1. The predicted molar refractivity (Wildman–Crippen MR) is 155 cm³/mol. The number of allylic oxidation sites excluding steroid dienone is 1. The lowest BCUT2D eigenvalue weighted by Gasteiger charge is -2.36. The van der Waals surface area contributed by atoms with Gasteiger partial charge in [-0.3, -0.25) is 19.5 Å².